The molecule has 5 heteroatoms. The smallest absolute Gasteiger partial charge is 0.250 e. The van der Waals surface area contributed by atoms with Crippen LogP contribution in [0.15, 0.2) is 18.3 Å². The average Bonchev–Trinajstić information content (AvgIpc) is 2.30. The Bertz CT molecular complexity index is 349. The van der Waals surface area contributed by atoms with Gasteiger partial charge in [-0.15, -0.1) is 0 Å². The van der Waals surface area contributed by atoms with Gasteiger partial charge < -0.3 is 15.0 Å². The first-order valence-electron chi connectivity index (χ1n) is 5.64. The third-order valence-corrected chi connectivity index (χ3v) is 2.07. The fourth-order valence-corrected chi connectivity index (χ4v) is 1.23. The van der Waals surface area contributed by atoms with Crippen LogP contribution in [0.25, 0.3) is 0 Å². The van der Waals surface area contributed by atoms with Crippen molar-refractivity contribution in [3.05, 3.63) is 18.3 Å². The van der Waals surface area contributed by atoms with Crippen molar-refractivity contribution in [1.82, 2.24) is 4.98 Å². The van der Waals surface area contributed by atoms with Crippen LogP contribution in [0, 0.1) is 0 Å². The molecule has 0 saturated heterocycles. The first kappa shape index (κ1) is 13.4. The molecular formula is C12H19N3O2. The lowest BCUT2D eigenvalue weighted by Gasteiger charge is -2.11. The van der Waals surface area contributed by atoms with Crippen LogP contribution in [0.1, 0.15) is 13.3 Å². The van der Waals surface area contributed by atoms with Gasteiger partial charge in [-0.25, -0.2) is 4.98 Å². The summed E-state index contributed by atoms with van der Waals surface area (Å²) in [6.45, 7) is 2.69. The topological polar surface area (TPSA) is 54.5 Å². The number of carbonyl (C=O) groups is 1. The quantitative estimate of drug-likeness (QED) is 0.762. The molecule has 0 atom stereocenters. The van der Waals surface area contributed by atoms with Crippen LogP contribution < -0.4 is 10.2 Å². The predicted molar refractivity (Wildman–Crippen MR) is 68.3 cm³/mol. The lowest BCUT2D eigenvalue weighted by Crippen LogP contribution is -2.19. The molecule has 5 nitrogen and oxygen atoms in total. The molecule has 0 bridgehead atoms. The maximum atomic E-state index is 11.4. The maximum absolute atomic E-state index is 11.4. The molecule has 0 unspecified atom stereocenters. The Labute approximate surface area is 102 Å². The van der Waals surface area contributed by atoms with Gasteiger partial charge in [0, 0.05) is 20.7 Å². The first-order chi connectivity index (χ1) is 8.13. The van der Waals surface area contributed by atoms with Crippen LogP contribution in [-0.2, 0) is 9.53 Å². The van der Waals surface area contributed by atoms with Crippen LogP contribution >= 0.6 is 0 Å². The van der Waals surface area contributed by atoms with Crippen LogP contribution in [0.2, 0.25) is 0 Å². The standard InChI is InChI=1S/C12H19N3O2/c1-4-7-17-9-12(16)14-10-5-6-11(13-8-10)15(2)3/h5-6,8H,4,7,9H2,1-3H3,(H,14,16). The summed E-state index contributed by atoms with van der Waals surface area (Å²) in [5.41, 5.74) is 0.681. The molecule has 0 fully saturated rings. The van der Waals surface area contributed by atoms with Crippen molar-refractivity contribution in [2.24, 2.45) is 0 Å². The molecule has 0 aliphatic rings. The number of aromatic nitrogens is 1. The summed E-state index contributed by atoms with van der Waals surface area (Å²) in [5.74, 6) is 0.697. The van der Waals surface area contributed by atoms with Gasteiger partial charge in [-0.3, -0.25) is 4.79 Å². The van der Waals surface area contributed by atoms with Gasteiger partial charge in [0.25, 0.3) is 0 Å². The second-order valence-electron chi connectivity index (χ2n) is 3.90. The highest BCUT2D eigenvalue weighted by Gasteiger charge is 2.03. The Hall–Kier alpha value is -1.62. The first-order valence-corrected chi connectivity index (χ1v) is 5.64. The van der Waals surface area contributed by atoms with Gasteiger partial charge in [0.1, 0.15) is 12.4 Å². The number of rotatable bonds is 6. The molecule has 0 radical (unpaired) electrons. The molecule has 0 saturated carbocycles. The summed E-state index contributed by atoms with van der Waals surface area (Å²) in [6.07, 6.45) is 2.54. The number of hydrogen-bond donors (Lipinski definition) is 1. The maximum Gasteiger partial charge on any atom is 0.250 e. The molecule has 1 aromatic rings. The number of carbonyl (C=O) groups excluding carboxylic acids is 1. The molecule has 17 heavy (non-hydrogen) atoms. The van der Waals surface area contributed by atoms with Crippen LogP contribution in [0.3, 0.4) is 0 Å². The minimum absolute atomic E-state index is 0.0866. The zero-order valence-electron chi connectivity index (χ0n) is 10.6. The number of ether oxygens (including phenoxy) is 1. The molecule has 1 rings (SSSR count). The molecule has 0 aromatic carbocycles. The van der Waals surface area contributed by atoms with Gasteiger partial charge in [-0.1, -0.05) is 6.92 Å². The van der Waals surface area contributed by atoms with Crippen LogP contribution in [0.4, 0.5) is 11.5 Å². The predicted octanol–water partition coefficient (Wildman–Crippen LogP) is 1.51. The van der Waals surface area contributed by atoms with Gasteiger partial charge in [0.15, 0.2) is 0 Å². The van der Waals surface area contributed by atoms with E-state index in [-0.39, 0.29) is 12.5 Å². The largest absolute Gasteiger partial charge is 0.372 e. The minimum Gasteiger partial charge on any atom is -0.372 e. The van der Waals surface area contributed by atoms with E-state index < -0.39 is 0 Å². The summed E-state index contributed by atoms with van der Waals surface area (Å²) >= 11 is 0. The molecular weight excluding hydrogens is 218 g/mol. The zero-order chi connectivity index (χ0) is 12.7. The van der Waals surface area contributed by atoms with E-state index in [1.54, 1.807) is 6.20 Å². The number of nitrogens with one attached hydrogen (secondary N) is 1. The van der Waals surface area contributed by atoms with Crippen molar-refractivity contribution < 1.29 is 9.53 Å². The Morgan fingerprint density at radius 2 is 2.24 bits per heavy atom. The minimum atomic E-state index is -0.155. The van der Waals surface area contributed by atoms with Gasteiger partial charge in [-0.2, -0.15) is 0 Å². The number of anilines is 2. The summed E-state index contributed by atoms with van der Waals surface area (Å²) in [4.78, 5) is 17.5. The number of hydrogen-bond acceptors (Lipinski definition) is 4. The molecule has 1 aromatic heterocycles. The Morgan fingerprint density at radius 1 is 1.47 bits per heavy atom. The molecule has 1 amide bonds. The lowest BCUT2D eigenvalue weighted by molar-refractivity contribution is -0.120. The molecule has 0 aliphatic heterocycles. The number of pyridine rings is 1. The lowest BCUT2D eigenvalue weighted by atomic mass is 10.4. The van der Waals surface area contributed by atoms with E-state index in [0.29, 0.717) is 12.3 Å². The van der Waals surface area contributed by atoms with Crippen molar-refractivity contribution in [1.29, 1.82) is 0 Å². The fourth-order valence-electron chi connectivity index (χ4n) is 1.23. The van der Waals surface area contributed by atoms with Gasteiger partial charge in [-0.05, 0) is 18.6 Å². The van der Waals surface area contributed by atoms with Crippen LogP contribution in [-0.4, -0.2) is 38.2 Å². The van der Waals surface area contributed by atoms with E-state index in [1.165, 1.54) is 0 Å². The van der Waals surface area contributed by atoms with E-state index in [2.05, 4.69) is 10.3 Å². The third kappa shape index (κ3) is 4.82. The SMILES string of the molecule is CCCOCC(=O)Nc1ccc(N(C)C)nc1. The highest BCUT2D eigenvalue weighted by molar-refractivity contribution is 5.91. The van der Waals surface area contributed by atoms with Gasteiger partial charge in [0.2, 0.25) is 5.91 Å². The monoisotopic (exact) mass is 237 g/mol. The van der Waals surface area contributed by atoms with E-state index in [1.807, 2.05) is 38.1 Å². The summed E-state index contributed by atoms with van der Waals surface area (Å²) in [6, 6.07) is 3.67. The van der Waals surface area contributed by atoms with Crippen LogP contribution in [0.5, 0.6) is 0 Å². The molecule has 1 N–H and O–H groups in total. The average molecular weight is 237 g/mol. The van der Waals surface area contributed by atoms with Crippen molar-refractivity contribution in [2.75, 3.05) is 37.5 Å². The Balaban J connectivity index is 2.43. The zero-order valence-corrected chi connectivity index (χ0v) is 10.6. The molecule has 0 aliphatic carbocycles. The van der Waals surface area contributed by atoms with Gasteiger partial charge in [0.05, 0.1) is 11.9 Å². The number of nitrogens with zero attached hydrogens (tertiary/aromatic N) is 2. The highest BCUT2D eigenvalue weighted by Crippen LogP contribution is 2.11. The molecule has 94 valence electrons. The number of amides is 1. The third-order valence-electron chi connectivity index (χ3n) is 2.07. The summed E-state index contributed by atoms with van der Waals surface area (Å²) in [5, 5.41) is 2.72. The normalized spacial score (nSPS) is 10.1. The Morgan fingerprint density at radius 3 is 2.76 bits per heavy atom. The highest BCUT2D eigenvalue weighted by atomic mass is 16.5. The van der Waals surface area contributed by atoms with E-state index >= 15 is 0 Å². The van der Waals surface area contributed by atoms with E-state index in [0.717, 1.165) is 12.2 Å². The molecule has 1 heterocycles. The van der Waals surface area contributed by atoms with E-state index in [4.69, 9.17) is 4.74 Å². The van der Waals surface area contributed by atoms with Crippen molar-refractivity contribution in [3.8, 4) is 0 Å². The van der Waals surface area contributed by atoms with Crippen molar-refractivity contribution in [2.45, 2.75) is 13.3 Å². The molecule has 0 spiro atoms. The van der Waals surface area contributed by atoms with E-state index in [9.17, 15) is 4.79 Å². The summed E-state index contributed by atoms with van der Waals surface area (Å²) in [7, 11) is 3.83. The van der Waals surface area contributed by atoms with Crippen molar-refractivity contribution >= 4 is 17.4 Å². The fraction of sp³-hybridized carbons (Fsp3) is 0.500. The second-order valence-corrected chi connectivity index (χ2v) is 3.90. The second kappa shape index (κ2) is 6.85. The summed E-state index contributed by atoms with van der Waals surface area (Å²) < 4.78 is 5.14. The van der Waals surface area contributed by atoms with Crippen molar-refractivity contribution in [3.63, 3.8) is 0 Å². The Kier molecular flexibility index (Phi) is 5.42. The van der Waals surface area contributed by atoms with Gasteiger partial charge >= 0.3 is 0 Å².